The van der Waals surface area contributed by atoms with Crippen molar-refractivity contribution in [2.75, 3.05) is 11.9 Å². The van der Waals surface area contributed by atoms with Crippen molar-refractivity contribution < 1.29 is 0 Å². The number of nitrogens with zero attached hydrogens (tertiary/aromatic N) is 3. The largest absolute Gasteiger partial charge is 0.369 e. The third kappa shape index (κ3) is 3.26. The molecule has 0 amide bonds. The Hall–Kier alpha value is -1.41. The molecule has 0 spiro atoms. The average molecular weight is 344 g/mol. The monoisotopic (exact) mass is 342 g/mol. The minimum absolute atomic E-state index is 0.268. The Kier molecular flexibility index (Phi) is 5.35. The van der Waals surface area contributed by atoms with Crippen molar-refractivity contribution in [1.82, 2.24) is 9.78 Å². The van der Waals surface area contributed by atoms with Crippen molar-refractivity contribution >= 4 is 40.6 Å². The summed E-state index contributed by atoms with van der Waals surface area (Å²) < 4.78 is 1.57. The number of hydrogen-bond acceptors (Lipinski definition) is 3. The summed E-state index contributed by atoms with van der Waals surface area (Å²) in [6, 6.07) is 5.48. The first-order valence-electron chi connectivity index (χ1n) is 6.46. The molecule has 1 aromatic carbocycles. The van der Waals surface area contributed by atoms with Crippen LogP contribution in [0.15, 0.2) is 18.3 Å². The average Bonchev–Trinajstić information content (AvgIpc) is 2.88. The molecule has 0 saturated heterocycles. The van der Waals surface area contributed by atoms with Crippen LogP contribution in [-0.4, -0.2) is 16.3 Å². The maximum Gasteiger partial charge on any atom is 0.147 e. The summed E-state index contributed by atoms with van der Waals surface area (Å²) in [7, 11) is 0. The lowest BCUT2D eigenvalue weighted by atomic mass is 10.3. The van der Waals surface area contributed by atoms with Gasteiger partial charge in [0.1, 0.15) is 17.5 Å². The Labute approximate surface area is 138 Å². The lowest BCUT2D eigenvalue weighted by Gasteiger charge is -2.12. The van der Waals surface area contributed by atoms with Crippen molar-refractivity contribution in [3.05, 3.63) is 39.0 Å². The molecule has 7 heteroatoms. The second kappa shape index (κ2) is 7.04. The van der Waals surface area contributed by atoms with E-state index in [2.05, 4.69) is 23.4 Å². The second-order valence-electron chi connectivity index (χ2n) is 4.41. The molecular formula is C14H13Cl3N4. The molecule has 1 N–H and O–H groups in total. The van der Waals surface area contributed by atoms with E-state index in [0.717, 1.165) is 19.4 Å². The van der Waals surface area contributed by atoms with Gasteiger partial charge >= 0.3 is 0 Å². The maximum atomic E-state index is 9.18. The summed E-state index contributed by atoms with van der Waals surface area (Å²) in [6.07, 6.45) is 3.54. The molecule has 110 valence electrons. The van der Waals surface area contributed by atoms with Crippen LogP contribution in [0.3, 0.4) is 0 Å². The Morgan fingerprint density at radius 1 is 1.29 bits per heavy atom. The van der Waals surface area contributed by atoms with E-state index in [9.17, 15) is 5.26 Å². The first-order valence-corrected chi connectivity index (χ1v) is 7.59. The molecule has 0 aliphatic rings. The zero-order chi connectivity index (χ0) is 15.4. The quantitative estimate of drug-likeness (QED) is 0.619. The predicted octanol–water partition coefficient (Wildman–Crippen LogP) is 4.92. The van der Waals surface area contributed by atoms with E-state index in [1.807, 2.05) is 0 Å². The van der Waals surface area contributed by atoms with Gasteiger partial charge in [0, 0.05) is 6.54 Å². The lowest BCUT2D eigenvalue weighted by Crippen LogP contribution is -2.09. The third-order valence-corrected chi connectivity index (χ3v) is 4.24. The highest BCUT2D eigenvalue weighted by atomic mass is 35.5. The van der Waals surface area contributed by atoms with Crippen LogP contribution >= 0.6 is 34.8 Å². The Morgan fingerprint density at radius 2 is 2.05 bits per heavy atom. The van der Waals surface area contributed by atoms with Crippen LogP contribution < -0.4 is 5.32 Å². The SMILES string of the molecule is CCCCNc1c(C#N)cnn1-c1ccc(Cl)c(Cl)c1Cl. The van der Waals surface area contributed by atoms with Gasteiger partial charge in [0.15, 0.2) is 0 Å². The summed E-state index contributed by atoms with van der Waals surface area (Å²) >= 11 is 18.2. The topological polar surface area (TPSA) is 53.6 Å². The zero-order valence-corrected chi connectivity index (χ0v) is 13.6. The van der Waals surface area contributed by atoms with E-state index >= 15 is 0 Å². The molecule has 0 radical (unpaired) electrons. The summed E-state index contributed by atoms with van der Waals surface area (Å²) in [6.45, 7) is 2.84. The van der Waals surface area contributed by atoms with Gasteiger partial charge in [0.2, 0.25) is 0 Å². The van der Waals surface area contributed by atoms with E-state index in [0.29, 0.717) is 27.1 Å². The van der Waals surface area contributed by atoms with E-state index in [1.165, 1.54) is 6.20 Å². The van der Waals surface area contributed by atoms with Gasteiger partial charge in [-0.15, -0.1) is 0 Å². The van der Waals surface area contributed by atoms with Crippen molar-refractivity contribution in [1.29, 1.82) is 5.26 Å². The summed E-state index contributed by atoms with van der Waals surface area (Å²) in [5.74, 6) is 0.603. The summed E-state index contributed by atoms with van der Waals surface area (Å²) in [5, 5.41) is 17.6. The highest BCUT2D eigenvalue weighted by molar-refractivity contribution is 6.48. The number of nitriles is 1. The molecule has 21 heavy (non-hydrogen) atoms. The Morgan fingerprint density at radius 3 is 2.71 bits per heavy atom. The number of benzene rings is 1. The second-order valence-corrected chi connectivity index (χ2v) is 5.57. The molecule has 2 rings (SSSR count). The van der Waals surface area contributed by atoms with Gasteiger partial charge in [-0.2, -0.15) is 10.4 Å². The normalized spacial score (nSPS) is 10.4. The number of rotatable bonds is 5. The molecule has 1 aromatic heterocycles. The molecule has 4 nitrogen and oxygen atoms in total. The Balaban J connectivity index is 2.47. The minimum atomic E-state index is 0.268. The van der Waals surface area contributed by atoms with E-state index < -0.39 is 0 Å². The van der Waals surface area contributed by atoms with Crippen LogP contribution in [0.25, 0.3) is 5.69 Å². The maximum absolute atomic E-state index is 9.18. The van der Waals surface area contributed by atoms with Crippen molar-refractivity contribution in [2.45, 2.75) is 19.8 Å². The molecule has 0 fully saturated rings. The van der Waals surface area contributed by atoms with Gasteiger partial charge in [-0.3, -0.25) is 0 Å². The van der Waals surface area contributed by atoms with Gasteiger partial charge in [0.05, 0.1) is 27.0 Å². The minimum Gasteiger partial charge on any atom is -0.369 e. The van der Waals surface area contributed by atoms with Gasteiger partial charge < -0.3 is 5.32 Å². The lowest BCUT2D eigenvalue weighted by molar-refractivity contribution is 0.813. The van der Waals surface area contributed by atoms with E-state index in [-0.39, 0.29) is 5.02 Å². The fraction of sp³-hybridized carbons (Fsp3) is 0.286. The van der Waals surface area contributed by atoms with Gasteiger partial charge in [-0.25, -0.2) is 4.68 Å². The number of halogens is 3. The third-order valence-electron chi connectivity index (χ3n) is 2.96. The van der Waals surface area contributed by atoms with E-state index in [1.54, 1.807) is 16.8 Å². The highest BCUT2D eigenvalue weighted by Gasteiger charge is 2.16. The molecule has 1 heterocycles. The number of hydrogen-bond donors (Lipinski definition) is 1. The van der Waals surface area contributed by atoms with Crippen LogP contribution in [0.1, 0.15) is 25.3 Å². The van der Waals surface area contributed by atoms with Crippen LogP contribution in [0.2, 0.25) is 15.1 Å². The molecule has 0 atom stereocenters. The fourth-order valence-corrected chi connectivity index (χ4v) is 2.46. The molecule has 0 bridgehead atoms. The summed E-state index contributed by atoms with van der Waals surface area (Å²) in [5.41, 5.74) is 1.03. The van der Waals surface area contributed by atoms with Crippen LogP contribution in [-0.2, 0) is 0 Å². The molecular weight excluding hydrogens is 331 g/mol. The smallest absolute Gasteiger partial charge is 0.147 e. The molecule has 0 unspecified atom stereocenters. The number of unbranched alkanes of at least 4 members (excludes halogenated alkanes) is 1. The van der Waals surface area contributed by atoms with Crippen molar-refractivity contribution in [3.8, 4) is 11.8 Å². The van der Waals surface area contributed by atoms with Crippen LogP contribution in [0.4, 0.5) is 5.82 Å². The van der Waals surface area contributed by atoms with Crippen molar-refractivity contribution in [2.24, 2.45) is 0 Å². The zero-order valence-electron chi connectivity index (χ0n) is 11.3. The predicted molar refractivity (Wildman–Crippen MR) is 86.7 cm³/mol. The van der Waals surface area contributed by atoms with Crippen molar-refractivity contribution in [3.63, 3.8) is 0 Å². The standard InChI is InChI=1S/C14H13Cl3N4/c1-2-3-6-19-14-9(7-18)8-20-21(14)11-5-4-10(15)12(16)13(11)17/h4-5,8,19H,2-3,6H2,1H3. The highest BCUT2D eigenvalue weighted by Crippen LogP contribution is 2.35. The number of nitrogens with one attached hydrogen (secondary N) is 1. The first-order chi connectivity index (χ1) is 10.1. The molecule has 2 aromatic rings. The van der Waals surface area contributed by atoms with Gasteiger partial charge in [-0.1, -0.05) is 48.1 Å². The molecule has 0 saturated carbocycles. The first kappa shape index (κ1) is 16.0. The summed E-state index contributed by atoms with van der Waals surface area (Å²) in [4.78, 5) is 0. The van der Waals surface area contributed by atoms with E-state index in [4.69, 9.17) is 34.8 Å². The van der Waals surface area contributed by atoms with Crippen LogP contribution in [0.5, 0.6) is 0 Å². The number of anilines is 1. The van der Waals surface area contributed by atoms with Crippen LogP contribution in [0, 0.1) is 11.3 Å². The van der Waals surface area contributed by atoms with Gasteiger partial charge in [-0.05, 0) is 18.6 Å². The molecule has 0 aliphatic carbocycles. The Bertz CT molecular complexity index is 688. The molecule has 0 aliphatic heterocycles. The number of aromatic nitrogens is 2. The fourth-order valence-electron chi connectivity index (χ4n) is 1.85. The van der Waals surface area contributed by atoms with Gasteiger partial charge in [0.25, 0.3) is 0 Å².